The third kappa shape index (κ3) is 4.60. The molecule has 0 bridgehead atoms. The van der Waals surface area contributed by atoms with Crippen molar-refractivity contribution < 1.29 is 22.7 Å². The fourth-order valence-electron chi connectivity index (χ4n) is 12.0. The topological polar surface area (TPSA) is 97.7 Å². The van der Waals surface area contributed by atoms with Crippen molar-refractivity contribution in [3.8, 4) is 17.0 Å². The zero-order valence-electron chi connectivity index (χ0n) is 30.0. The van der Waals surface area contributed by atoms with E-state index >= 15 is 4.79 Å². The van der Waals surface area contributed by atoms with Gasteiger partial charge in [0.1, 0.15) is 11.5 Å². The summed E-state index contributed by atoms with van der Waals surface area (Å²) in [6.45, 7) is 5.94. The third-order valence-electron chi connectivity index (χ3n) is 14.4. The maximum absolute atomic E-state index is 15.3. The molecule has 4 atom stereocenters. The minimum absolute atomic E-state index is 0.0758. The Labute approximate surface area is 296 Å². The van der Waals surface area contributed by atoms with Crippen molar-refractivity contribution in [2.75, 3.05) is 27.2 Å². The fourth-order valence-corrected chi connectivity index (χ4v) is 12.6. The Morgan fingerprint density at radius 3 is 2.32 bits per heavy atom. The number of carbonyl (C=O) groups is 2. The number of ether oxygens (including phenoxy) is 1. The lowest BCUT2D eigenvalue weighted by Crippen LogP contribution is -2.35. The van der Waals surface area contributed by atoms with Gasteiger partial charge in [0.05, 0.1) is 23.5 Å². The van der Waals surface area contributed by atoms with Crippen molar-refractivity contribution in [2.24, 2.45) is 22.2 Å². The van der Waals surface area contributed by atoms with Crippen LogP contribution >= 0.6 is 0 Å². The third-order valence-corrected chi connectivity index (χ3v) is 16.1. The first kappa shape index (κ1) is 32.7. The first-order valence-electron chi connectivity index (χ1n) is 19.0. The minimum Gasteiger partial charge on any atom is -0.497 e. The molecule has 266 valence electrons. The van der Waals surface area contributed by atoms with Crippen molar-refractivity contribution in [1.29, 1.82) is 0 Å². The summed E-state index contributed by atoms with van der Waals surface area (Å²) >= 11 is 0. The molecular formula is C41H51N3O5S. The Morgan fingerprint density at radius 1 is 0.920 bits per heavy atom. The van der Waals surface area contributed by atoms with Gasteiger partial charge in [-0.05, 0) is 124 Å². The standard InChI is InChI=1S/C41H51N3O5S/c1-25(2)50(47,48)42-38(46)27-11-13-31-34(17-27)44-24-41(37(45)28-19-39-15-8-16-40(39,20-28)23-43(3)22-39)21-33(41)32-18-29(49-4)12-14-30(32)36(44)35(31)26-9-6-5-7-10-26/h11-14,17-18,25-26,28,33H,5-10,15-16,19-24H2,1-4H3,(H,42,46)/t28?,33-,39?,40?,41-/m0/s1. The Morgan fingerprint density at radius 2 is 1.64 bits per heavy atom. The van der Waals surface area contributed by atoms with Gasteiger partial charge in [0, 0.05) is 53.5 Å². The Bertz CT molecular complexity index is 2020. The molecule has 1 amide bonds. The number of aromatic nitrogens is 1. The molecule has 9 rings (SSSR count). The number of likely N-dealkylation sites (tertiary alicyclic amines) is 1. The zero-order valence-corrected chi connectivity index (χ0v) is 30.8. The van der Waals surface area contributed by atoms with Crippen molar-refractivity contribution in [2.45, 2.75) is 108 Å². The maximum Gasteiger partial charge on any atom is 0.264 e. The summed E-state index contributed by atoms with van der Waals surface area (Å²) in [5.41, 5.74) is 6.16. The van der Waals surface area contributed by atoms with Crippen LogP contribution in [0.25, 0.3) is 22.2 Å². The summed E-state index contributed by atoms with van der Waals surface area (Å²) in [6, 6.07) is 12.1. The molecule has 5 fully saturated rings. The molecule has 3 aromatic rings. The number of methoxy groups -OCH3 is 1. The summed E-state index contributed by atoms with van der Waals surface area (Å²) in [4.78, 5) is 31.3. The number of ketones is 1. The molecular weight excluding hydrogens is 647 g/mol. The van der Waals surface area contributed by atoms with Crippen LogP contribution in [0.3, 0.4) is 0 Å². The molecule has 0 radical (unpaired) electrons. The number of nitrogens with zero attached hydrogens (tertiary/aromatic N) is 2. The number of fused-ring (bicyclic) bond motifs is 7. The zero-order chi connectivity index (χ0) is 34.8. The number of hydrogen-bond donors (Lipinski definition) is 1. The van der Waals surface area contributed by atoms with Gasteiger partial charge in [-0.25, -0.2) is 13.1 Å². The van der Waals surface area contributed by atoms with E-state index in [0.717, 1.165) is 61.8 Å². The molecule has 3 heterocycles. The van der Waals surface area contributed by atoms with Gasteiger partial charge in [-0.3, -0.25) is 9.59 Å². The van der Waals surface area contributed by atoms with Crippen molar-refractivity contribution >= 4 is 32.6 Å². The van der Waals surface area contributed by atoms with Crippen LogP contribution in [0.2, 0.25) is 0 Å². The molecule has 8 nitrogen and oxygen atoms in total. The molecule has 2 unspecified atom stereocenters. The number of nitrogens with one attached hydrogen (secondary N) is 1. The van der Waals surface area contributed by atoms with Gasteiger partial charge in [-0.15, -0.1) is 0 Å². The molecule has 1 N–H and O–H groups in total. The van der Waals surface area contributed by atoms with E-state index in [0.29, 0.717) is 23.8 Å². The number of Topliss-reactive ketones (excluding diaryl/α,β-unsaturated/α-hetero) is 1. The monoisotopic (exact) mass is 697 g/mol. The number of benzene rings is 2. The van der Waals surface area contributed by atoms with E-state index in [-0.39, 0.29) is 22.7 Å². The Hall–Kier alpha value is -3.17. The minimum atomic E-state index is -3.80. The van der Waals surface area contributed by atoms with Crippen LogP contribution in [0.4, 0.5) is 0 Å². The molecule has 2 aromatic carbocycles. The van der Waals surface area contributed by atoms with E-state index in [9.17, 15) is 13.2 Å². The normalized spacial score (nSPS) is 31.9. The lowest BCUT2D eigenvalue weighted by molar-refractivity contribution is -0.129. The maximum atomic E-state index is 15.3. The lowest BCUT2D eigenvalue weighted by atomic mass is 9.71. The number of hydrogen-bond acceptors (Lipinski definition) is 6. The Balaban J connectivity index is 1.20. The van der Waals surface area contributed by atoms with Gasteiger partial charge in [0.2, 0.25) is 10.0 Å². The molecule has 4 saturated carbocycles. The smallest absolute Gasteiger partial charge is 0.264 e. The highest BCUT2D eigenvalue weighted by Crippen LogP contribution is 2.72. The summed E-state index contributed by atoms with van der Waals surface area (Å²) in [5.74, 6) is 1.22. The van der Waals surface area contributed by atoms with Crippen LogP contribution in [0.1, 0.15) is 118 Å². The average Bonchev–Trinajstić information content (AvgIpc) is 3.32. The highest BCUT2D eigenvalue weighted by molar-refractivity contribution is 7.90. The van der Waals surface area contributed by atoms with E-state index in [1.807, 2.05) is 18.2 Å². The highest BCUT2D eigenvalue weighted by Gasteiger charge is 2.69. The quantitative estimate of drug-likeness (QED) is 0.277. The van der Waals surface area contributed by atoms with Crippen LogP contribution < -0.4 is 9.46 Å². The first-order valence-corrected chi connectivity index (χ1v) is 20.6. The number of sulfonamides is 1. The van der Waals surface area contributed by atoms with Crippen molar-refractivity contribution in [3.63, 3.8) is 0 Å². The van der Waals surface area contributed by atoms with E-state index in [1.165, 1.54) is 60.9 Å². The molecule has 1 aromatic heterocycles. The van der Waals surface area contributed by atoms with Crippen molar-refractivity contribution in [3.05, 3.63) is 53.1 Å². The average molecular weight is 698 g/mol. The van der Waals surface area contributed by atoms with Crippen LogP contribution in [0.5, 0.6) is 5.75 Å². The molecule has 4 aliphatic carbocycles. The van der Waals surface area contributed by atoms with Crippen LogP contribution in [-0.2, 0) is 21.4 Å². The summed E-state index contributed by atoms with van der Waals surface area (Å²) < 4.78 is 35.9. The molecule has 6 aliphatic rings. The second-order valence-corrected chi connectivity index (χ2v) is 19.6. The number of carbonyl (C=O) groups excluding carboxylic acids is 2. The van der Waals surface area contributed by atoms with Crippen molar-refractivity contribution in [1.82, 2.24) is 14.2 Å². The molecule has 0 spiro atoms. The van der Waals surface area contributed by atoms with Gasteiger partial charge in [-0.2, -0.15) is 0 Å². The SMILES string of the molecule is COc1ccc2c(c1)[C@@H]1C[C@]1(C(=O)C1CC34CCCC3(C1)CN(C)C4)Cn1c-2c(C2CCCCC2)c2ccc(C(=O)NS(=O)(=O)C(C)C)cc21. The first-order chi connectivity index (χ1) is 23.9. The molecule has 2 aliphatic heterocycles. The predicted molar refractivity (Wildman–Crippen MR) is 195 cm³/mol. The predicted octanol–water partition coefficient (Wildman–Crippen LogP) is 7.40. The van der Waals surface area contributed by atoms with E-state index < -0.39 is 26.6 Å². The lowest BCUT2D eigenvalue weighted by Gasteiger charge is -2.32. The van der Waals surface area contributed by atoms with E-state index in [4.69, 9.17) is 4.74 Å². The van der Waals surface area contributed by atoms with E-state index in [1.54, 1.807) is 27.0 Å². The van der Waals surface area contributed by atoms with Crippen LogP contribution in [0.15, 0.2) is 36.4 Å². The highest BCUT2D eigenvalue weighted by atomic mass is 32.2. The van der Waals surface area contributed by atoms with Gasteiger partial charge in [-0.1, -0.05) is 31.7 Å². The Kier molecular flexibility index (Phi) is 7.31. The number of amides is 1. The molecule has 9 heteroatoms. The number of rotatable bonds is 7. The largest absolute Gasteiger partial charge is 0.497 e. The van der Waals surface area contributed by atoms with Crippen LogP contribution in [-0.4, -0.2) is 62.1 Å². The fraction of sp³-hybridized carbons (Fsp3) is 0.610. The van der Waals surface area contributed by atoms with E-state index in [2.05, 4.69) is 33.4 Å². The van der Waals surface area contributed by atoms with Gasteiger partial charge < -0.3 is 14.2 Å². The summed E-state index contributed by atoms with van der Waals surface area (Å²) in [6.07, 6.45) is 12.5. The molecule has 1 saturated heterocycles. The van der Waals surface area contributed by atoms with Gasteiger partial charge in [0.25, 0.3) is 5.91 Å². The van der Waals surface area contributed by atoms with Gasteiger partial charge in [0.15, 0.2) is 0 Å². The van der Waals surface area contributed by atoms with Gasteiger partial charge >= 0.3 is 0 Å². The van der Waals surface area contributed by atoms with Crippen LogP contribution in [0, 0.1) is 22.2 Å². The summed E-state index contributed by atoms with van der Waals surface area (Å²) in [7, 11) is 0.172. The second-order valence-electron chi connectivity index (χ2n) is 17.4. The molecule has 50 heavy (non-hydrogen) atoms. The summed E-state index contributed by atoms with van der Waals surface area (Å²) in [5, 5.41) is 0.391. The second kappa shape index (κ2) is 11.2.